The topological polar surface area (TPSA) is 134 Å². The molecule has 3 amide bonds. The van der Waals surface area contributed by atoms with E-state index >= 15 is 0 Å². The summed E-state index contributed by atoms with van der Waals surface area (Å²) in [7, 11) is 0. The molecule has 2 unspecified atom stereocenters. The standard InChI is InChI=1S/C34H49N3O7/c1-7-9-10-11-22-37(30(26-16-12-24(3)13-17-26)31(40)35-21-20-29(39)43-8-2)32(41)28(36-33(42)44-34(4,5)6)23-25-14-18-27(38)19-15-25/h12-19,28,30,38H,7-11,20-23H2,1-6H3,(H,35,40)(H,36,42). The van der Waals surface area contributed by atoms with Gasteiger partial charge >= 0.3 is 12.1 Å². The number of hydrogen-bond acceptors (Lipinski definition) is 7. The molecule has 0 heterocycles. The summed E-state index contributed by atoms with van der Waals surface area (Å²) in [6.07, 6.45) is 2.81. The lowest BCUT2D eigenvalue weighted by Crippen LogP contribution is -2.54. The number of unbranched alkanes of at least 4 members (excludes halogenated alkanes) is 3. The summed E-state index contributed by atoms with van der Waals surface area (Å²) in [6, 6.07) is 11.7. The maximum atomic E-state index is 14.5. The van der Waals surface area contributed by atoms with Crippen LogP contribution < -0.4 is 10.6 Å². The van der Waals surface area contributed by atoms with Crippen LogP contribution in [0.2, 0.25) is 0 Å². The van der Waals surface area contributed by atoms with Crippen LogP contribution in [0, 0.1) is 6.92 Å². The van der Waals surface area contributed by atoms with Gasteiger partial charge in [-0.15, -0.1) is 0 Å². The van der Waals surface area contributed by atoms with Crippen LogP contribution in [0.5, 0.6) is 5.75 Å². The molecule has 2 rings (SSSR count). The lowest BCUT2D eigenvalue weighted by Gasteiger charge is -2.35. The van der Waals surface area contributed by atoms with Gasteiger partial charge in [-0.05, 0) is 64.3 Å². The minimum Gasteiger partial charge on any atom is -0.508 e. The smallest absolute Gasteiger partial charge is 0.408 e. The van der Waals surface area contributed by atoms with Gasteiger partial charge in [-0.25, -0.2) is 4.79 Å². The quantitative estimate of drug-likeness (QED) is 0.172. The van der Waals surface area contributed by atoms with Gasteiger partial charge in [0.1, 0.15) is 23.4 Å². The maximum absolute atomic E-state index is 14.5. The summed E-state index contributed by atoms with van der Waals surface area (Å²) in [5.41, 5.74) is 1.51. The van der Waals surface area contributed by atoms with Crippen molar-refractivity contribution < 1.29 is 33.8 Å². The summed E-state index contributed by atoms with van der Waals surface area (Å²) in [5, 5.41) is 15.3. The highest BCUT2D eigenvalue weighted by molar-refractivity contribution is 5.92. The molecule has 0 aliphatic heterocycles. The molecule has 3 N–H and O–H groups in total. The zero-order chi connectivity index (χ0) is 32.7. The second-order valence-corrected chi connectivity index (χ2v) is 11.8. The third-order valence-electron chi connectivity index (χ3n) is 6.79. The van der Waals surface area contributed by atoms with E-state index in [-0.39, 0.29) is 38.3 Å². The molecule has 0 spiro atoms. The predicted molar refractivity (Wildman–Crippen MR) is 169 cm³/mol. The van der Waals surface area contributed by atoms with Crippen LogP contribution in [0.15, 0.2) is 48.5 Å². The molecule has 242 valence electrons. The van der Waals surface area contributed by atoms with Crippen molar-refractivity contribution >= 4 is 23.9 Å². The first-order valence-corrected chi connectivity index (χ1v) is 15.4. The highest BCUT2D eigenvalue weighted by Gasteiger charge is 2.36. The van der Waals surface area contributed by atoms with Gasteiger partial charge in [0, 0.05) is 19.5 Å². The van der Waals surface area contributed by atoms with E-state index in [1.807, 2.05) is 31.2 Å². The van der Waals surface area contributed by atoms with Crippen molar-refractivity contribution in [2.45, 2.75) is 97.8 Å². The number of esters is 1. The number of aromatic hydroxyl groups is 1. The van der Waals surface area contributed by atoms with Crippen molar-refractivity contribution in [3.8, 4) is 5.75 Å². The number of alkyl carbamates (subject to hydrolysis) is 1. The molecule has 0 aromatic heterocycles. The molecular weight excluding hydrogens is 562 g/mol. The summed E-state index contributed by atoms with van der Waals surface area (Å²) < 4.78 is 10.5. The van der Waals surface area contributed by atoms with Crippen molar-refractivity contribution in [1.29, 1.82) is 0 Å². The van der Waals surface area contributed by atoms with E-state index in [0.29, 0.717) is 17.5 Å². The summed E-state index contributed by atoms with van der Waals surface area (Å²) in [5.74, 6) is -1.25. The number of aryl methyl sites for hydroxylation is 1. The fourth-order valence-electron chi connectivity index (χ4n) is 4.63. The van der Waals surface area contributed by atoms with E-state index in [1.54, 1.807) is 39.8 Å². The molecule has 0 saturated carbocycles. The van der Waals surface area contributed by atoms with E-state index in [9.17, 15) is 24.3 Å². The number of carbonyl (C=O) groups is 4. The average Bonchev–Trinajstić information content (AvgIpc) is 2.95. The van der Waals surface area contributed by atoms with Gasteiger partial charge in [-0.1, -0.05) is 68.1 Å². The second kappa shape index (κ2) is 17.9. The molecule has 2 atom stereocenters. The van der Waals surface area contributed by atoms with Gasteiger partial charge in [0.2, 0.25) is 11.8 Å². The minimum absolute atomic E-state index is 0.00563. The second-order valence-electron chi connectivity index (χ2n) is 11.8. The van der Waals surface area contributed by atoms with Crippen molar-refractivity contribution in [3.05, 3.63) is 65.2 Å². The number of hydrogen-bond donors (Lipinski definition) is 3. The Morgan fingerprint density at radius 2 is 1.59 bits per heavy atom. The molecule has 0 aliphatic rings. The normalized spacial score (nSPS) is 12.5. The number of nitrogens with one attached hydrogen (secondary N) is 2. The Morgan fingerprint density at radius 1 is 0.932 bits per heavy atom. The highest BCUT2D eigenvalue weighted by atomic mass is 16.6. The minimum atomic E-state index is -1.07. The largest absolute Gasteiger partial charge is 0.508 e. The van der Waals surface area contributed by atoms with E-state index < -0.39 is 41.6 Å². The first-order chi connectivity index (χ1) is 20.8. The molecule has 0 bridgehead atoms. The Bertz CT molecular complexity index is 1210. The van der Waals surface area contributed by atoms with Crippen LogP contribution in [0.1, 0.15) is 89.5 Å². The van der Waals surface area contributed by atoms with Crippen LogP contribution in [-0.2, 0) is 30.3 Å². The van der Waals surface area contributed by atoms with Gasteiger partial charge in [-0.2, -0.15) is 0 Å². The summed E-state index contributed by atoms with van der Waals surface area (Å²) in [6.45, 7) is 11.5. The molecule has 0 aliphatic carbocycles. The van der Waals surface area contributed by atoms with Crippen molar-refractivity contribution in [2.24, 2.45) is 0 Å². The lowest BCUT2D eigenvalue weighted by molar-refractivity contribution is -0.144. The van der Waals surface area contributed by atoms with Crippen LogP contribution in [-0.4, -0.2) is 65.2 Å². The summed E-state index contributed by atoms with van der Waals surface area (Å²) in [4.78, 5) is 54.7. The molecular formula is C34H49N3O7. The van der Waals surface area contributed by atoms with Gasteiger partial charge in [-0.3, -0.25) is 14.4 Å². The Labute approximate surface area is 261 Å². The predicted octanol–water partition coefficient (Wildman–Crippen LogP) is 5.36. The zero-order valence-electron chi connectivity index (χ0n) is 27.0. The SMILES string of the molecule is CCCCCCN(C(=O)C(Cc1ccc(O)cc1)NC(=O)OC(C)(C)C)C(C(=O)NCCC(=O)OCC)c1ccc(C)cc1. The Balaban J connectivity index is 2.51. The Hall–Kier alpha value is -4.08. The maximum Gasteiger partial charge on any atom is 0.408 e. The molecule has 0 fully saturated rings. The number of benzene rings is 2. The van der Waals surface area contributed by atoms with Crippen LogP contribution in [0.4, 0.5) is 4.79 Å². The van der Waals surface area contributed by atoms with Gasteiger partial charge < -0.3 is 30.1 Å². The van der Waals surface area contributed by atoms with Crippen molar-refractivity contribution in [2.75, 3.05) is 19.7 Å². The van der Waals surface area contributed by atoms with Crippen LogP contribution in [0.25, 0.3) is 0 Å². The number of phenols is 1. The highest BCUT2D eigenvalue weighted by Crippen LogP contribution is 2.25. The fraction of sp³-hybridized carbons (Fsp3) is 0.529. The Kier molecular flexibility index (Phi) is 14.7. The molecule has 0 saturated heterocycles. The summed E-state index contributed by atoms with van der Waals surface area (Å²) >= 11 is 0. The number of amides is 3. The number of ether oxygens (including phenoxy) is 2. The molecule has 0 radical (unpaired) electrons. The molecule has 10 nitrogen and oxygen atoms in total. The van der Waals surface area contributed by atoms with Crippen molar-refractivity contribution in [3.63, 3.8) is 0 Å². The van der Waals surface area contributed by atoms with E-state index in [4.69, 9.17) is 9.47 Å². The van der Waals surface area contributed by atoms with E-state index in [2.05, 4.69) is 17.6 Å². The first-order valence-electron chi connectivity index (χ1n) is 15.4. The molecule has 10 heteroatoms. The number of nitrogens with zero attached hydrogens (tertiary/aromatic N) is 1. The van der Waals surface area contributed by atoms with Crippen LogP contribution >= 0.6 is 0 Å². The van der Waals surface area contributed by atoms with Gasteiger partial charge in [0.25, 0.3) is 0 Å². The number of phenolic OH excluding ortho intramolecular Hbond substituents is 1. The molecule has 44 heavy (non-hydrogen) atoms. The third-order valence-corrected chi connectivity index (χ3v) is 6.79. The van der Waals surface area contributed by atoms with E-state index in [1.165, 1.54) is 17.0 Å². The van der Waals surface area contributed by atoms with Gasteiger partial charge in [0.05, 0.1) is 13.0 Å². The lowest BCUT2D eigenvalue weighted by atomic mass is 9.99. The van der Waals surface area contributed by atoms with E-state index in [0.717, 1.165) is 24.8 Å². The average molecular weight is 612 g/mol. The number of rotatable bonds is 16. The fourth-order valence-corrected chi connectivity index (χ4v) is 4.63. The first kappa shape index (κ1) is 36.1. The van der Waals surface area contributed by atoms with Gasteiger partial charge in [0.15, 0.2) is 0 Å². The zero-order valence-corrected chi connectivity index (χ0v) is 27.0. The third kappa shape index (κ3) is 12.7. The molecule has 2 aromatic carbocycles. The Morgan fingerprint density at radius 3 is 2.18 bits per heavy atom. The monoisotopic (exact) mass is 611 g/mol. The molecule has 2 aromatic rings. The van der Waals surface area contributed by atoms with Crippen LogP contribution in [0.3, 0.4) is 0 Å². The van der Waals surface area contributed by atoms with Crippen molar-refractivity contribution in [1.82, 2.24) is 15.5 Å². The number of carbonyl (C=O) groups excluding carboxylic acids is 4.